The third kappa shape index (κ3) is 7.43. The molecular weight excluding hydrogens is 568 g/mol. The van der Waals surface area contributed by atoms with Gasteiger partial charge in [-0.2, -0.15) is 9.78 Å². The first-order valence-electron chi connectivity index (χ1n) is 14.2. The molecule has 0 aliphatic carbocycles. The van der Waals surface area contributed by atoms with Crippen molar-refractivity contribution >= 4 is 29.3 Å². The van der Waals surface area contributed by atoms with E-state index in [1.807, 2.05) is 79.7 Å². The van der Waals surface area contributed by atoms with Crippen molar-refractivity contribution in [2.45, 2.75) is 48.1 Å². The van der Waals surface area contributed by atoms with Crippen LogP contribution in [0.4, 0.5) is 0 Å². The van der Waals surface area contributed by atoms with Gasteiger partial charge in [0.2, 0.25) is 5.91 Å². The number of halogens is 1. The summed E-state index contributed by atoms with van der Waals surface area (Å²) in [7, 11) is 1.60. The molecule has 4 aromatic rings. The topological polar surface area (TPSA) is 85.2 Å². The van der Waals surface area contributed by atoms with Gasteiger partial charge in [0.15, 0.2) is 0 Å². The molecule has 1 unspecified atom stereocenters. The second-order valence-electron chi connectivity index (χ2n) is 10.5. The molecule has 1 aromatic heterocycles. The molecule has 42 heavy (non-hydrogen) atoms. The van der Waals surface area contributed by atoms with Gasteiger partial charge in [-0.15, -0.1) is 0 Å². The van der Waals surface area contributed by atoms with Gasteiger partial charge in [0.1, 0.15) is 10.8 Å². The van der Waals surface area contributed by atoms with Gasteiger partial charge >= 0.3 is 0 Å². The van der Waals surface area contributed by atoms with Crippen LogP contribution in [0.2, 0.25) is 5.02 Å². The highest BCUT2D eigenvalue weighted by molar-refractivity contribution is 7.99. The number of nitrogens with zero attached hydrogens (tertiary/aromatic N) is 2. The Bertz CT molecular complexity index is 1540. The monoisotopic (exact) mass is 602 g/mol. The number of carbonyl (C=O) groups excluding carboxylic acids is 1. The molecule has 1 aliphatic rings. The van der Waals surface area contributed by atoms with Crippen LogP contribution in [0, 0.1) is 5.92 Å². The first-order chi connectivity index (χ1) is 20.4. The van der Waals surface area contributed by atoms with Gasteiger partial charge in [-0.1, -0.05) is 53.7 Å². The van der Waals surface area contributed by atoms with E-state index >= 15 is 0 Å². The second-order valence-corrected chi connectivity index (χ2v) is 12.1. The maximum absolute atomic E-state index is 13.6. The van der Waals surface area contributed by atoms with Crippen molar-refractivity contribution in [3.05, 3.63) is 111 Å². The second kappa shape index (κ2) is 14.1. The fraction of sp³-hybridized carbons (Fsp3) is 0.303. The number of aromatic nitrogens is 2. The number of hydrogen-bond donors (Lipinski definition) is 2. The highest BCUT2D eigenvalue weighted by Gasteiger charge is 2.32. The lowest BCUT2D eigenvalue weighted by Crippen LogP contribution is -2.47. The number of piperidine rings is 1. The van der Waals surface area contributed by atoms with Crippen LogP contribution in [-0.2, 0) is 11.2 Å². The minimum absolute atomic E-state index is 0.0490. The molecule has 9 heteroatoms. The number of nitrogens with one attached hydrogen (secondary N) is 2. The van der Waals surface area contributed by atoms with Crippen molar-refractivity contribution in [3.8, 4) is 11.4 Å². The van der Waals surface area contributed by atoms with Crippen LogP contribution < -0.4 is 20.9 Å². The lowest BCUT2D eigenvalue weighted by molar-refractivity contribution is -0.126. The predicted molar refractivity (Wildman–Crippen MR) is 168 cm³/mol. The van der Waals surface area contributed by atoms with Crippen molar-refractivity contribution < 1.29 is 9.53 Å². The molecule has 218 valence electrons. The Kier molecular flexibility index (Phi) is 10.00. The van der Waals surface area contributed by atoms with Crippen LogP contribution >= 0.6 is 23.4 Å². The fourth-order valence-corrected chi connectivity index (χ4v) is 6.26. The molecule has 3 aromatic carbocycles. The molecule has 1 aliphatic heterocycles. The van der Waals surface area contributed by atoms with Gasteiger partial charge < -0.3 is 15.4 Å². The molecule has 0 bridgehead atoms. The molecule has 0 spiro atoms. The van der Waals surface area contributed by atoms with Crippen LogP contribution in [0.3, 0.4) is 0 Å². The normalized spacial score (nSPS) is 17.4. The summed E-state index contributed by atoms with van der Waals surface area (Å²) in [5.74, 6) is 0.794. The van der Waals surface area contributed by atoms with Gasteiger partial charge in [0.05, 0.1) is 18.7 Å². The Morgan fingerprint density at radius 2 is 1.86 bits per heavy atom. The maximum Gasteiger partial charge on any atom is 0.274 e. The zero-order valence-corrected chi connectivity index (χ0v) is 25.3. The van der Waals surface area contributed by atoms with Crippen molar-refractivity contribution in [2.75, 3.05) is 20.2 Å². The third-order valence-electron chi connectivity index (χ3n) is 7.60. The molecule has 2 N–H and O–H groups in total. The van der Waals surface area contributed by atoms with E-state index in [0.717, 1.165) is 17.9 Å². The summed E-state index contributed by atoms with van der Waals surface area (Å²) in [6.07, 6.45) is 2.04. The summed E-state index contributed by atoms with van der Waals surface area (Å²) in [5, 5.41) is 12.6. The molecule has 0 saturated carbocycles. The van der Waals surface area contributed by atoms with Gasteiger partial charge in [-0.3, -0.25) is 9.59 Å². The van der Waals surface area contributed by atoms with E-state index in [9.17, 15) is 9.59 Å². The molecule has 0 radical (unpaired) electrons. The number of benzene rings is 3. The number of carbonyl (C=O) groups is 1. The molecular formula is C33H35ClN4O3S. The van der Waals surface area contributed by atoms with E-state index in [-0.39, 0.29) is 29.3 Å². The van der Waals surface area contributed by atoms with E-state index in [4.69, 9.17) is 16.3 Å². The molecule has 1 saturated heterocycles. The van der Waals surface area contributed by atoms with Crippen molar-refractivity contribution in [1.82, 2.24) is 20.4 Å². The quantitative estimate of drug-likeness (QED) is 0.236. The fourth-order valence-electron chi connectivity index (χ4n) is 5.30. The van der Waals surface area contributed by atoms with Gasteiger partial charge in [-0.25, -0.2) is 0 Å². The van der Waals surface area contributed by atoms with Crippen LogP contribution in [0.5, 0.6) is 5.75 Å². The van der Waals surface area contributed by atoms with Crippen molar-refractivity contribution in [3.63, 3.8) is 0 Å². The van der Waals surface area contributed by atoms with E-state index in [1.54, 1.807) is 7.11 Å². The first-order valence-corrected chi connectivity index (χ1v) is 15.4. The molecule has 3 atom stereocenters. The molecule has 1 amide bonds. The summed E-state index contributed by atoms with van der Waals surface area (Å²) < 4.78 is 6.72. The SMILES string of the molecule is COc1ccc(-n2nc(Sc3ccc(Cl)cc3)cc(CCC(C)NC(=O)[C@H]3CNCC[C@@H]3c3ccccc3)c2=O)cc1. The lowest BCUT2D eigenvalue weighted by Gasteiger charge is -2.32. The average Bonchev–Trinajstić information content (AvgIpc) is 3.02. The van der Waals surface area contributed by atoms with Crippen LogP contribution in [0.15, 0.2) is 99.6 Å². The predicted octanol–water partition coefficient (Wildman–Crippen LogP) is 5.88. The number of amides is 1. The third-order valence-corrected chi connectivity index (χ3v) is 8.77. The first kappa shape index (κ1) is 29.9. The smallest absolute Gasteiger partial charge is 0.274 e. The van der Waals surface area contributed by atoms with Gasteiger partial charge in [0.25, 0.3) is 5.56 Å². The number of ether oxygens (including phenoxy) is 1. The Morgan fingerprint density at radius 1 is 1.12 bits per heavy atom. The Morgan fingerprint density at radius 3 is 2.57 bits per heavy atom. The molecule has 1 fully saturated rings. The summed E-state index contributed by atoms with van der Waals surface area (Å²) in [6.45, 7) is 3.55. The highest BCUT2D eigenvalue weighted by atomic mass is 35.5. The number of rotatable bonds is 10. The van der Waals surface area contributed by atoms with Crippen molar-refractivity contribution in [2.24, 2.45) is 5.92 Å². The van der Waals surface area contributed by atoms with E-state index in [2.05, 4.69) is 27.9 Å². The minimum Gasteiger partial charge on any atom is -0.497 e. The standard InChI is InChI=1S/C33H35ClN4O3S/c1-22(36-32(39)30-21-35-19-18-29(30)23-6-4-3-5-7-23)8-9-24-20-31(42-28-16-10-25(34)11-17-28)37-38(33(24)40)26-12-14-27(41-2)15-13-26/h3-7,10-17,20,22,29-30,35H,8-9,18-19,21H2,1-2H3,(H,36,39)/t22?,29-,30+/m1/s1. The van der Waals surface area contributed by atoms with E-state index in [1.165, 1.54) is 22.0 Å². The zero-order valence-electron chi connectivity index (χ0n) is 23.8. The lowest BCUT2D eigenvalue weighted by atomic mass is 9.80. The number of hydrogen-bond acceptors (Lipinski definition) is 6. The largest absolute Gasteiger partial charge is 0.497 e. The average molecular weight is 603 g/mol. The van der Waals surface area contributed by atoms with E-state index < -0.39 is 0 Å². The molecule has 5 rings (SSSR count). The zero-order chi connectivity index (χ0) is 29.5. The molecule has 7 nitrogen and oxygen atoms in total. The van der Waals surface area contributed by atoms with Crippen LogP contribution in [0.1, 0.15) is 36.8 Å². The van der Waals surface area contributed by atoms with Gasteiger partial charge in [-0.05, 0) is 98.8 Å². The van der Waals surface area contributed by atoms with Crippen LogP contribution in [0.25, 0.3) is 5.69 Å². The Labute approximate surface area is 255 Å². The Balaban J connectivity index is 1.33. The van der Waals surface area contributed by atoms with E-state index in [0.29, 0.717) is 46.4 Å². The summed E-state index contributed by atoms with van der Waals surface area (Å²) >= 11 is 7.54. The van der Waals surface area contributed by atoms with Gasteiger partial charge in [0, 0.05) is 28.1 Å². The van der Waals surface area contributed by atoms with Crippen molar-refractivity contribution in [1.29, 1.82) is 0 Å². The number of methoxy groups -OCH3 is 1. The molecule has 2 heterocycles. The van der Waals surface area contributed by atoms with Crippen LogP contribution in [-0.4, -0.2) is 41.9 Å². The summed E-state index contributed by atoms with van der Waals surface area (Å²) in [4.78, 5) is 28.0. The summed E-state index contributed by atoms with van der Waals surface area (Å²) in [5.41, 5.74) is 2.31. The minimum atomic E-state index is -0.181. The highest BCUT2D eigenvalue weighted by Crippen LogP contribution is 2.31. The summed E-state index contributed by atoms with van der Waals surface area (Å²) in [6, 6.07) is 26.8. The number of aryl methyl sites for hydroxylation is 1. The maximum atomic E-state index is 13.6. The Hall–Kier alpha value is -3.59.